The highest BCUT2D eigenvalue weighted by atomic mass is 32.1. The fourth-order valence-corrected chi connectivity index (χ4v) is 2.92. The van der Waals surface area contributed by atoms with E-state index in [0.717, 1.165) is 27.4 Å². The average molecular weight is 300 g/mol. The number of benzene rings is 1. The van der Waals surface area contributed by atoms with Gasteiger partial charge in [0.25, 0.3) is 0 Å². The molecule has 0 atom stereocenters. The zero-order valence-electron chi connectivity index (χ0n) is 12.1. The lowest BCUT2D eigenvalue weighted by Crippen LogP contribution is -1.98. The first kappa shape index (κ1) is 13.8. The number of ether oxygens (including phenoxy) is 1. The van der Waals surface area contributed by atoms with E-state index in [1.807, 2.05) is 23.6 Å². The largest absolute Gasteiger partial charge is 0.497 e. The van der Waals surface area contributed by atoms with Crippen molar-refractivity contribution in [2.75, 3.05) is 12.8 Å². The van der Waals surface area contributed by atoms with Crippen LogP contribution >= 0.6 is 11.3 Å². The minimum atomic E-state index is 0.382. The molecule has 0 radical (unpaired) electrons. The van der Waals surface area contributed by atoms with Gasteiger partial charge in [0.05, 0.1) is 18.3 Å². The molecule has 0 unspecified atom stereocenters. The number of thiazole rings is 1. The summed E-state index contributed by atoms with van der Waals surface area (Å²) in [6, 6.07) is 5.57. The molecule has 5 nitrogen and oxygen atoms in total. The van der Waals surface area contributed by atoms with E-state index >= 15 is 0 Å². The van der Waals surface area contributed by atoms with Crippen molar-refractivity contribution in [1.29, 1.82) is 0 Å². The molecule has 0 fully saturated rings. The van der Waals surface area contributed by atoms with Crippen molar-refractivity contribution in [3.05, 3.63) is 29.3 Å². The second-order valence-electron chi connectivity index (χ2n) is 5.05. The van der Waals surface area contributed by atoms with Crippen molar-refractivity contribution in [2.45, 2.75) is 19.8 Å². The van der Waals surface area contributed by atoms with Gasteiger partial charge in [0.15, 0.2) is 10.8 Å². The molecule has 0 aliphatic rings. The van der Waals surface area contributed by atoms with Crippen molar-refractivity contribution in [3.63, 3.8) is 0 Å². The highest BCUT2D eigenvalue weighted by Gasteiger charge is 2.13. The molecule has 0 aliphatic heterocycles. The van der Waals surface area contributed by atoms with Crippen LogP contribution in [-0.4, -0.2) is 22.1 Å². The lowest BCUT2D eigenvalue weighted by molar-refractivity contribution is 0.415. The molecule has 3 aromatic rings. The van der Waals surface area contributed by atoms with Gasteiger partial charge in [-0.2, -0.15) is 0 Å². The zero-order chi connectivity index (χ0) is 15.0. The number of hydrogen-bond donors (Lipinski definition) is 1. The summed E-state index contributed by atoms with van der Waals surface area (Å²) in [4.78, 5) is 13.5. The molecule has 2 aromatic heterocycles. The van der Waals surface area contributed by atoms with Crippen LogP contribution in [0.5, 0.6) is 5.75 Å². The Kier molecular flexibility index (Phi) is 3.47. The number of fused-ring (bicyclic) bond motifs is 1. The normalized spacial score (nSPS) is 11.2. The summed E-state index contributed by atoms with van der Waals surface area (Å²) in [5.41, 5.74) is 7.84. The fraction of sp³-hybridized carbons (Fsp3) is 0.267. The second-order valence-corrected chi connectivity index (χ2v) is 5.91. The van der Waals surface area contributed by atoms with Gasteiger partial charge in [-0.25, -0.2) is 15.0 Å². The average Bonchev–Trinajstić information content (AvgIpc) is 2.96. The van der Waals surface area contributed by atoms with Crippen LogP contribution in [0.2, 0.25) is 0 Å². The number of hydrogen-bond acceptors (Lipinski definition) is 6. The summed E-state index contributed by atoms with van der Waals surface area (Å²) in [5, 5.41) is 3.64. The Labute approximate surface area is 126 Å². The molecule has 0 saturated carbocycles. The first-order valence-corrected chi connectivity index (χ1v) is 7.53. The van der Waals surface area contributed by atoms with Gasteiger partial charge in [-0.15, -0.1) is 11.3 Å². The summed E-state index contributed by atoms with van der Waals surface area (Å²) < 4.78 is 5.23. The van der Waals surface area contributed by atoms with Crippen LogP contribution in [0, 0.1) is 0 Å². The molecule has 0 amide bonds. The third kappa shape index (κ3) is 2.54. The molecular formula is C15H16N4OS. The van der Waals surface area contributed by atoms with Gasteiger partial charge in [-0.3, -0.25) is 0 Å². The number of anilines is 1. The summed E-state index contributed by atoms with van der Waals surface area (Å²) in [6.45, 7) is 4.22. The SMILES string of the molecule is COc1ccc2c(N)nc(-c3nc(C(C)C)cs3)nc2c1. The molecular weight excluding hydrogens is 284 g/mol. The minimum absolute atomic E-state index is 0.382. The van der Waals surface area contributed by atoms with Gasteiger partial charge in [0, 0.05) is 16.8 Å². The summed E-state index contributed by atoms with van der Waals surface area (Å²) >= 11 is 1.54. The Morgan fingerprint density at radius 3 is 2.67 bits per heavy atom. The molecule has 0 bridgehead atoms. The zero-order valence-corrected chi connectivity index (χ0v) is 12.9. The van der Waals surface area contributed by atoms with Crippen LogP contribution in [0.4, 0.5) is 5.82 Å². The predicted molar refractivity (Wildman–Crippen MR) is 85.7 cm³/mol. The Balaban J connectivity index is 2.13. The Hall–Kier alpha value is -2.21. The fourth-order valence-electron chi connectivity index (χ4n) is 2.01. The van der Waals surface area contributed by atoms with Gasteiger partial charge < -0.3 is 10.5 Å². The molecule has 21 heavy (non-hydrogen) atoms. The van der Waals surface area contributed by atoms with Crippen LogP contribution < -0.4 is 10.5 Å². The van der Waals surface area contributed by atoms with E-state index in [2.05, 4.69) is 28.8 Å². The van der Waals surface area contributed by atoms with Crippen LogP contribution in [-0.2, 0) is 0 Å². The van der Waals surface area contributed by atoms with Gasteiger partial charge in [-0.1, -0.05) is 13.8 Å². The van der Waals surface area contributed by atoms with Crippen LogP contribution in [0.25, 0.3) is 21.7 Å². The maximum absolute atomic E-state index is 6.04. The van der Waals surface area contributed by atoms with Gasteiger partial charge >= 0.3 is 0 Å². The van der Waals surface area contributed by atoms with Crippen molar-refractivity contribution in [3.8, 4) is 16.6 Å². The molecule has 2 N–H and O–H groups in total. The maximum Gasteiger partial charge on any atom is 0.191 e. The molecule has 0 saturated heterocycles. The van der Waals surface area contributed by atoms with Gasteiger partial charge in [0.1, 0.15) is 11.6 Å². The summed E-state index contributed by atoms with van der Waals surface area (Å²) in [5.74, 6) is 2.14. The number of nitrogens with two attached hydrogens (primary N) is 1. The summed E-state index contributed by atoms with van der Waals surface area (Å²) in [6.07, 6.45) is 0. The molecule has 0 spiro atoms. The van der Waals surface area contributed by atoms with E-state index in [-0.39, 0.29) is 0 Å². The number of nitrogen functional groups attached to an aromatic ring is 1. The molecule has 1 aromatic carbocycles. The minimum Gasteiger partial charge on any atom is -0.497 e. The third-order valence-corrected chi connectivity index (χ3v) is 4.09. The van der Waals surface area contributed by atoms with E-state index in [1.165, 1.54) is 11.3 Å². The number of methoxy groups -OCH3 is 1. The third-order valence-electron chi connectivity index (χ3n) is 3.24. The van der Waals surface area contributed by atoms with E-state index < -0.39 is 0 Å². The quantitative estimate of drug-likeness (QED) is 0.801. The number of nitrogens with zero attached hydrogens (tertiary/aromatic N) is 3. The van der Waals surface area contributed by atoms with Crippen LogP contribution in [0.1, 0.15) is 25.5 Å². The molecule has 6 heteroatoms. The predicted octanol–water partition coefficient (Wildman–Crippen LogP) is 3.47. The molecule has 2 heterocycles. The summed E-state index contributed by atoms with van der Waals surface area (Å²) in [7, 11) is 1.63. The highest BCUT2D eigenvalue weighted by Crippen LogP contribution is 2.29. The number of rotatable bonds is 3. The first-order valence-electron chi connectivity index (χ1n) is 6.65. The van der Waals surface area contributed by atoms with Crippen molar-refractivity contribution in [1.82, 2.24) is 15.0 Å². The standard InChI is InChI=1S/C15H16N4OS/c1-8(2)12-7-21-15(18-12)14-17-11-6-9(20-3)4-5-10(11)13(16)19-14/h4-8H,1-3H3,(H2,16,17,19). The van der Waals surface area contributed by atoms with Crippen molar-refractivity contribution < 1.29 is 4.74 Å². The second kappa shape index (κ2) is 5.29. The monoisotopic (exact) mass is 300 g/mol. The van der Waals surface area contributed by atoms with E-state index in [1.54, 1.807) is 7.11 Å². The van der Waals surface area contributed by atoms with Gasteiger partial charge in [0.2, 0.25) is 0 Å². The van der Waals surface area contributed by atoms with Crippen LogP contribution in [0.3, 0.4) is 0 Å². The molecule has 108 valence electrons. The Morgan fingerprint density at radius 1 is 1.19 bits per heavy atom. The van der Waals surface area contributed by atoms with E-state index in [4.69, 9.17) is 10.5 Å². The van der Waals surface area contributed by atoms with Crippen LogP contribution in [0.15, 0.2) is 23.6 Å². The lowest BCUT2D eigenvalue weighted by atomic mass is 10.2. The number of aromatic nitrogens is 3. The topological polar surface area (TPSA) is 73.9 Å². The van der Waals surface area contributed by atoms with E-state index in [9.17, 15) is 0 Å². The van der Waals surface area contributed by atoms with Crippen molar-refractivity contribution in [2.24, 2.45) is 0 Å². The van der Waals surface area contributed by atoms with E-state index in [0.29, 0.717) is 17.6 Å². The molecule has 0 aliphatic carbocycles. The van der Waals surface area contributed by atoms with Crippen molar-refractivity contribution >= 4 is 28.1 Å². The maximum atomic E-state index is 6.04. The Bertz CT molecular complexity index is 797. The smallest absolute Gasteiger partial charge is 0.191 e. The Morgan fingerprint density at radius 2 is 2.00 bits per heavy atom. The highest BCUT2D eigenvalue weighted by molar-refractivity contribution is 7.13. The molecule has 3 rings (SSSR count). The first-order chi connectivity index (χ1) is 10.1. The lowest BCUT2D eigenvalue weighted by Gasteiger charge is -2.05. The van der Waals surface area contributed by atoms with Gasteiger partial charge in [-0.05, 0) is 18.1 Å².